The first-order valence-electron chi connectivity index (χ1n) is 8.87. The fourth-order valence-corrected chi connectivity index (χ4v) is 9.69. The van der Waals surface area contributed by atoms with E-state index in [0.717, 1.165) is 0 Å². The molecule has 3 nitrogen and oxygen atoms in total. The molecule has 20 heavy (non-hydrogen) atoms. The van der Waals surface area contributed by atoms with Gasteiger partial charge < -0.3 is 0 Å². The molecule has 122 valence electrons. The Kier molecular flexibility index (Phi) is 10.8. The second-order valence-electron chi connectivity index (χ2n) is 5.39. The van der Waals surface area contributed by atoms with E-state index in [2.05, 4.69) is 62.2 Å². The van der Waals surface area contributed by atoms with Crippen molar-refractivity contribution in [2.24, 2.45) is 0 Å². The highest BCUT2D eigenvalue weighted by Crippen LogP contribution is 2.27. The Morgan fingerprint density at radius 1 is 0.550 bits per heavy atom. The Bertz CT molecular complexity index is 192. The van der Waals surface area contributed by atoms with Crippen molar-refractivity contribution in [1.82, 2.24) is 13.7 Å². The molecule has 0 radical (unpaired) electrons. The van der Waals surface area contributed by atoms with Crippen molar-refractivity contribution in [2.45, 2.75) is 67.4 Å². The van der Waals surface area contributed by atoms with E-state index in [1.165, 1.54) is 58.2 Å². The van der Waals surface area contributed by atoms with Crippen LogP contribution in [-0.4, -0.2) is 61.5 Å². The molecule has 0 aliphatic rings. The molecule has 0 bridgehead atoms. The minimum Gasteiger partial charge on any atom is -0.300 e. The first-order valence-corrected chi connectivity index (χ1v) is 10.9. The van der Waals surface area contributed by atoms with Gasteiger partial charge in [-0.15, -0.1) is 0 Å². The van der Waals surface area contributed by atoms with Crippen LogP contribution in [0.2, 0.25) is 6.04 Å². The lowest BCUT2D eigenvalue weighted by molar-refractivity contribution is 0.259. The lowest BCUT2D eigenvalue weighted by atomic mass is 10.4. The third-order valence-electron chi connectivity index (χ3n) is 4.68. The SMILES string of the molecule is CCCC[Si](N(CC)CC)(N(CC)CC)N(CC)CC. The molecule has 0 atom stereocenters. The molecule has 0 unspecified atom stereocenters. The number of unbranched alkanes of at least 4 members (excludes halogenated alkanes) is 1. The van der Waals surface area contributed by atoms with Gasteiger partial charge in [0.2, 0.25) is 0 Å². The van der Waals surface area contributed by atoms with Gasteiger partial charge >= 0.3 is 0 Å². The minimum atomic E-state index is -1.70. The molecule has 0 aliphatic carbocycles. The van der Waals surface area contributed by atoms with Crippen molar-refractivity contribution >= 4 is 8.56 Å². The van der Waals surface area contributed by atoms with Crippen LogP contribution in [0, 0.1) is 0 Å². The van der Waals surface area contributed by atoms with Gasteiger partial charge in [0.25, 0.3) is 8.56 Å². The van der Waals surface area contributed by atoms with Gasteiger partial charge in [-0.2, -0.15) is 0 Å². The van der Waals surface area contributed by atoms with Crippen molar-refractivity contribution in [3.63, 3.8) is 0 Å². The van der Waals surface area contributed by atoms with Crippen LogP contribution in [0.3, 0.4) is 0 Å². The van der Waals surface area contributed by atoms with Crippen LogP contribution >= 0.6 is 0 Å². The van der Waals surface area contributed by atoms with Gasteiger partial charge in [0.05, 0.1) is 0 Å². The number of hydrogen-bond acceptors (Lipinski definition) is 3. The van der Waals surface area contributed by atoms with Gasteiger partial charge in [-0.25, -0.2) is 0 Å². The zero-order valence-corrected chi connectivity index (χ0v) is 16.2. The zero-order valence-electron chi connectivity index (χ0n) is 15.2. The third-order valence-corrected chi connectivity index (χ3v) is 10.6. The highest BCUT2D eigenvalue weighted by molar-refractivity contribution is 6.71. The standard InChI is InChI=1S/C16H39N3Si/c1-8-15-16-20(17(9-2)10-3,18(11-4)12-5)19(13-6)14-7/h8-16H2,1-7H3. The molecular formula is C16H39N3Si. The second-order valence-corrected chi connectivity index (χ2v) is 9.34. The summed E-state index contributed by atoms with van der Waals surface area (Å²) in [6, 6.07) is 1.38. The number of rotatable bonds is 12. The smallest absolute Gasteiger partial charge is 0.289 e. The van der Waals surface area contributed by atoms with E-state index in [1.54, 1.807) is 0 Å². The molecule has 0 aromatic heterocycles. The quantitative estimate of drug-likeness (QED) is 0.508. The highest BCUT2D eigenvalue weighted by Gasteiger charge is 2.47. The average Bonchev–Trinajstić information content (AvgIpc) is 2.48. The van der Waals surface area contributed by atoms with Crippen molar-refractivity contribution < 1.29 is 0 Å². The predicted octanol–water partition coefficient (Wildman–Crippen LogP) is 3.75. The maximum absolute atomic E-state index is 2.81. The van der Waals surface area contributed by atoms with Crippen LogP contribution < -0.4 is 0 Å². The van der Waals surface area contributed by atoms with E-state index in [0.29, 0.717) is 0 Å². The molecule has 0 spiro atoms. The van der Waals surface area contributed by atoms with Crippen LogP contribution in [0.1, 0.15) is 61.3 Å². The summed E-state index contributed by atoms with van der Waals surface area (Å²) < 4.78 is 8.42. The summed E-state index contributed by atoms with van der Waals surface area (Å²) in [7, 11) is -1.70. The van der Waals surface area contributed by atoms with E-state index in [-0.39, 0.29) is 0 Å². The molecule has 0 fully saturated rings. The fraction of sp³-hybridized carbons (Fsp3) is 1.00. The molecule has 0 aromatic rings. The summed E-state index contributed by atoms with van der Waals surface area (Å²) in [4.78, 5) is 0. The van der Waals surface area contributed by atoms with Crippen molar-refractivity contribution in [3.05, 3.63) is 0 Å². The van der Waals surface area contributed by atoms with Gasteiger partial charge in [0, 0.05) is 0 Å². The first-order chi connectivity index (χ1) is 9.62. The summed E-state index contributed by atoms with van der Waals surface area (Å²) in [5, 5.41) is 0. The van der Waals surface area contributed by atoms with Gasteiger partial charge in [-0.3, -0.25) is 13.7 Å². The van der Waals surface area contributed by atoms with Crippen LogP contribution in [0.25, 0.3) is 0 Å². The van der Waals surface area contributed by atoms with Gasteiger partial charge in [0.15, 0.2) is 0 Å². The number of hydrogen-bond donors (Lipinski definition) is 0. The fourth-order valence-electron chi connectivity index (χ4n) is 3.68. The zero-order chi connectivity index (χ0) is 15.6. The minimum absolute atomic E-state index is 1.18. The lowest BCUT2D eigenvalue weighted by Crippen LogP contribution is -2.75. The Balaban J connectivity index is 5.70. The normalized spacial score (nSPS) is 12.9. The summed E-state index contributed by atoms with van der Waals surface area (Å²) in [5.74, 6) is 0. The maximum atomic E-state index is 2.81. The van der Waals surface area contributed by atoms with E-state index in [4.69, 9.17) is 0 Å². The van der Waals surface area contributed by atoms with Crippen LogP contribution in [0.15, 0.2) is 0 Å². The van der Waals surface area contributed by atoms with Crippen molar-refractivity contribution in [2.75, 3.05) is 39.3 Å². The molecule has 0 saturated carbocycles. The summed E-state index contributed by atoms with van der Waals surface area (Å²) in [6.45, 7) is 23.4. The topological polar surface area (TPSA) is 9.72 Å². The first kappa shape index (κ1) is 20.1. The number of nitrogens with zero attached hydrogens (tertiary/aromatic N) is 3. The Morgan fingerprint density at radius 2 is 0.850 bits per heavy atom. The van der Waals surface area contributed by atoms with Gasteiger partial charge in [-0.05, 0) is 45.3 Å². The molecule has 0 amide bonds. The Hall–Kier alpha value is 0.0969. The molecule has 0 saturated heterocycles. The maximum Gasteiger partial charge on any atom is 0.289 e. The highest BCUT2D eigenvalue weighted by atomic mass is 28.4. The largest absolute Gasteiger partial charge is 0.300 e. The van der Waals surface area contributed by atoms with E-state index in [9.17, 15) is 0 Å². The van der Waals surface area contributed by atoms with Gasteiger partial charge in [-0.1, -0.05) is 61.3 Å². The molecule has 0 N–H and O–H groups in total. The van der Waals surface area contributed by atoms with Crippen molar-refractivity contribution in [1.29, 1.82) is 0 Å². The molecule has 0 rings (SSSR count). The van der Waals surface area contributed by atoms with E-state index < -0.39 is 8.56 Å². The lowest BCUT2D eigenvalue weighted by Gasteiger charge is -2.53. The van der Waals surface area contributed by atoms with Crippen molar-refractivity contribution in [3.8, 4) is 0 Å². The van der Waals surface area contributed by atoms with E-state index in [1.807, 2.05) is 0 Å². The monoisotopic (exact) mass is 301 g/mol. The van der Waals surface area contributed by atoms with Crippen LogP contribution in [-0.2, 0) is 0 Å². The average molecular weight is 302 g/mol. The van der Waals surface area contributed by atoms with Gasteiger partial charge in [0.1, 0.15) is 0 Å². The van der Waals surface area contributed by atoms with Crippen LogP contribution in [0.4, 0.5) is 0 Å². The summed E-state index contributed by atoms with van der Waals surface area (Å²) in [6.07, 6.45) is 2.66. The predicted molar refractivity (Wildman–Crippen MR) is 94.2 cm³/mol. The molecular weight excluding hydrogens is 262 g/mol. The molecule has 0 aliphatic heterocycles. The van der Waals surface area contributed by atoms with Crippen LogP contribution in [0.5, 0.6) is 0 Å². The molecule has 0 heterocycles. The molecule has 0 aromatic carbocycles. The summed E-state index contributed by atoms with van der Waals surface area (Å²) >= 11 is 0. The second kappa shape index (κ2) is 10.8. The molecule has 4 heteroatoms. The third kappa shape index (κ3) is 4.29. The summed E-state index contributed by atoms with van der Waals surface area (Å²) in [5.41, 5.74) is 0. The van der Waals surface area contributed by atoms with E-state index >= 15 is 0 Å². The Morgan fingerprint density at radius 3 is 1.05 bits per heavy atom. The Labute approximate surface area is 129 Å².